The molecule has 1 saturated heterocycles. The first kappa shape index (κ1) is 22.2. The molecule has 0 saturated carbocycles. The van der Waals surface area contributed by atoms with E-state index in [0.717, 1.165) is 42.5 Å². The van der Waals surface area contributed by atoms with E-state index in [0.29, 0.717) is 18.9 Å². The van der Waals surface area contributed by atoms with Gasteiger partial charge in [0.15, 0.2) is 0 Å². The largest absolute Gasteiger partial charge is 0.444 e. The van der Waals surface area contributed by atoms with Gasteiger partial charge in [-0.25, -0.2) is 4.79 Å². The molecule has 0 spiro atoms. The monoisotopic (exact) mass is 415 g/mol. The van der Waals surface area contributed by atoms with Crippen molar-refractivity contribution in [3.8, 4) is 0 Å². The SMILES string of the molecule is Cn1cc(C[C@H](NC(=O)OC(C)(C)C)C(=O)NCC2CCOCC2)c2ccccc21. The van der Waals surface area contributed by atoms with Crippen molar-refractivity contribution < 1.29 is 19.1 Å². The van der Waals surface area contributed by atoms with Crippen molar-refractivity contribution >= 4 is 22.9 Å². The van der Waals surface area contributed by atoms with E-state index in [1.807, 2.05) is 42.1 Å². The molecule has 1 aliphatic heterocycles. The molecule has 2 aromatic rings. The van der Waals surface area contributed by atoms with Crippen LogP contribution in [0.25, 0.3) is 10.9 Å². The Morgan fingerprint density at radius 3 is 2.63 bits per heavy atom. The molecule has 164 valence electrons. The lowest BCUT2D eigenvalue weighted by molar-refractivity contribution is -0.123. The number of alkyl carbamates (subject to hydrolysis) is 1. The molecular formula is C23H33N3O4. The lowest BCUT2D eigenvalue weighted by Gasteiger charge is -2.25. The lowest BCUT2D eigenvalue weighted by Crippen LogP contribution is -2.50. The fourth-order valence-electron chi connectivity index (χ4n) is 3.79. The second-order valence-electron chi connectivity index (χ2n) is 8.99. The Morgan fingerprint density at radius 1 is 1.23 bits per heavy atom. The number of benzene rings is 1. The number of aryl methyl sites for hydroxylation is 1. The van der Waals surface area contributed by atoms with Gasteiger partial charge in [0.25, 0.3) is 0 Å². The van der Waals surface area contributed by atoms with Gasteiger partial charge < -0.3 is 24.7 Å². The molecule has 7 nitrogen and oxygen atoms in total. The van der Waals surface area contributed by atoms with Gasteiger partial charge in [-0.3, -0.25) is 4.79 Å². The number of para-hydroxylation sites is 1. The fourth-order valence-corrected chi connectivity index (χ4v) is 3.79. The summed E-state index contributed by atoms with van der Waals surface area (Å²) in [6.45, 7) is 7.46. The third kappa shape index (κ3) is 5.98. The number of amides is 2. The molecule has 0 radical (unpaired) electrons. The summed E-state index contributed by atoms with van der Waals surface area (Å²) in [5, 5.41) is 6.88. The molecule has 2 heterocycles. The van der Waals surface area contributed by atoms with Crippen LogP contribution in [0.15, 0.2) is 30.5 Å². The van der Waals surface area contributed by atoms with Crippen molar-refractivity contribution in [2.24, 2.45) is 13.0 Å². The predicted octanol–water partition coefficient (Wildman–Crippen LogP) is 3.16. The van der Waals surface area contributed by atoms with Gasteiger partial charge in [-0.05, 0) is 51.2 Å². The molecule has 1 aromatic carbocycles. The summed E-state index contributed by atoms with van der Waals surface area (Å²) in [5.74, 6) is 0.211. The predicted molar refractivity (Wildman–Crippen MR) is 116 cm³/mol. The molecule has 0 unspecified atom stereocenters. The minimum Gasteiger partial charge on any atom is -0.444 e. The van der Waals surface area contributed by atoms with E-state index >= 15 is 0 Å². The molecule has 1 aliphatic rings. The van der Waals surface area contributed by atoms with Crippen molar-refractivity contribution in [1.29, 1.82) is 0 Å². The first-order chi connectivity index (χ1) is 14.2. The third-order valence-electron chi connectivity index (χ3n) is 5.32. The van der Waals surface area contributed by atoms with E-state index in [4.69, 9.17) is 9.47 Å². The van der Waals surface area contributed by atoms with E-state index in [2.05, 4.69) is 10.6 Å². The van der Waals surface area contributed by atoms with Gasteiger partial charge in [-0.15, -0.1) is 0 Å². The van der Waals surface area contributed by atoms with E-state index in [-0.39, 0.29) is 5.91 Å². The average molecular weight is 416 g/mol. The van der Waals surface area contributed by atoms with Crippen LogP contribution in [0.5, 0.6) is 0 Å². The number of fused-ring (bicyclic) bond motifs is 1. The average Bonchev–Trinajstić information content (AvgIpc) is 3.01. The Labute approximate surface area is 178 Å². The highest BCUT2D eigenvalue weighted by Gasteiger charge is 2.26. The van der Waals surface area contributed by atoms with Crippen molar-refractivity contribution in [3.05, 3.63) is 36.0 Å². The van der Waals surface area contributed by atoms with Crippen LogP contribution in [-0.2, 0) is 27.7 Å². The summed E-state index contributed by atoms with van der Waals surface area (Å²) in [4.78, 5) is 25.4. The first-order valence-electron chi connectivity index (χ1n) is 10.6. The molecule has 1 aromatic heterocycles. The van der Waals surface area contributed by atoms with E-state index < -0.39 is 17.7 Å². The van der Waals surface area contributed by atoms with Gasteiger partial charge in [0.2, 0.25) is 5.91 Å². The maximum Gasteiger partial charge on any atom is 0.408 e. The zero-order chi connectivity index (χ0) is 21.7. The summed E-state index contributed by atoms with van der Waals surface area (Å²) < 4.78 is 12.8. The number of rotatable bonds is 6. The van der Waals surface area contributed by atoms with Crippen LogP contribution in [0.2, 0.25) is 0 Å². The maximum absolute atomic E-state index is 13.0. The number of carbonyl (C=O) groups excluding carboxylic acids is 2. The van der Waals surface area contributed by atoms with Gasteiger partial charge in [-0.1, -0.05) is 18.2 Å². The number of hydrogen-bond acceptors (Lipinski definition) is 4. The standard InChI is InChI=1S/C23H33N3O4/c1-23(2,3)30-22(28)25-19(21(27)24-14-16-9-11-29-12-10-16)13-17-15-26(4)20-8-6-5-7-18(17)20/h5-8,15-16,19H,9-14H2,1-4H3,(H,24,27)(H,25,28)/t19-/m0/s1. The number of carbonyl (C=O) groups is 2. The van der Waals surface area contributed by atoms with Crippen LogP contribution in [0.4, 0.5) is 4.79 Å². The normalized spacial score (nSPS) is 16.3. The zero-order valence-corrected chi connectivity index (χ0v) is 18.4. The first-order valence-corrected chi connectivity index (χ1v) is 10.6. The van der Waals surface area contributed by atoms with Gasteiger partial charge in [0, 0.05) is 50.3 Å². The summed E-state index contributed by atoms with van der Waals surface area (Å²) in [5.41, 5.74) is 1.47. The molecule has 1 atom stereocenters. The molecule has 0 aliphatic carbocycles. The lowest BCUT2D eigenvalue weighted by atomic mass is 10.00. The minimum atomic E-state index is -0.717. The Morgan fingerprint density at radius 2 is 1.93 bits per heavy atom. The molecule has 2 N–H and O–H groups in total. The van der Waals surface area contributed by atoms with Crippen LogP contribution < -0.4 is 10.6 Å². The van der Waals surface area contributed by atoms with Gasteiger partial charge in [-0.2, -0.15) is 0 Å². The Balaban J connectivity index is 1.73. The van der Waals surface area contributed by atoms with Crippen LogP contribution in [0.1, 0.15) is 39.2 Å². The second-order valence-corrected chi connectivity index (χ2v) is 8.99. The van der Waals surface area contributed by atoms with Crippen molar-refractivity contribution in [1.82, 2.24) is 15.2 Å². The van der Waals surface area contributed by atoms with E-state index in [9.17, 15) is 9.59 Å². The third-order valence-corrected chi connectivity index (χ3v) is 5.32. The highest BCUT2D eigenvalue weighted by atomic mass is 16.6. The van der Waals surface area contributed by atoms with Crippen LogP contribution in [0, 0.1) is 5.92 Å². The second kappa shape index (κ2) is 9.51. The fraction of sp³-hybridized carbons (Fsp3) is 0.565. The molecule has 30 heavy (non-hydrogen) atoms. The number of nitrogens with one attached hydrogen (secondary N) is 2. The molecule has 1 fully saturated rings. The summed E-state index contributed by atoms with van der Waals surface area (Å²) in [6.07, 6.45) is 3.69. The Bertz CT molecular complexity index is 878. The number of hydrogen-bond donors (Lipinski definition) is 2. The van der Waals surface area contributed by atoms with E-state index in [1.54, 1.807) is 20.8 Å². The molecule has 3 rings (SSSR count). The number of nitrogens with zero attached hydrogens (tertiary/aromatic N) is 1. The van der Waals surface area contributed by atoms with Crippen molar-refractivity contribution in [3.63, 3.8) is 0 Å². The van der Waals surface area contributed by atoms with Crippen molar-refractivity contribution in [2.75, 3.05) is 19.8 Å². The molecular weight excluding hydrogens is 382 g/mol. The van der Waals surface area contributed by atoms with Gasteiger partial charge >= 0.3 is 6.09 Å². The maximum atomic E-state index is 13.0. The zero-order valence-electron chi connectivity index (χ0n) is 18.4. The Kier molecular flexibility index (Phi) is 7.02. The van der Waals surface area contributed by atoms with E-state index in [1.165, 1.54) is 0 Å². The molecule has 2 amide bonds. The Hall–Kier alpha value is -2.54. The van der Waals surface area contributed by atoms with Gasteiger partial charge in [0.05, 0.1) is 0 Å². The molecule has 7 heteroatoms. The quantitative estimate of drug-likeness (QED) is 0.759. The van der Waals surface area contributed by atoms with Crippen LogP contribution in [-0.4, -0.2) is 48.0 Å². The highest BCUT2D eigenvalue weighted by Crippen LogP contribution is 2.22. The summed E-state index contributed by atoms with van der Waals surface area (Å²) in [6, 6.07) is 7.33. The number of aromatic nitrogens is 1. The smallest absolute Gasteiger partial charge is 0.408 e. The van der Waals surface area contributed by atoms with Crippen LogP contribution >= 0.6 is 0 Å². The van der Waals surface area contributed by atoms with Crippen LogP contribution in [0.3, 0.4) is 0 Å². The van der Waals surface area contributed by atoms with Gasteiger partial charge in [0.1, 0.15) is 11.6 Å². The summed E-state index contributed by atoms with van der Waals surface area (Å²) >= 11 is 0. The summed E-state index contributed by atoms with van der Waals surface area (Å²) in [7, 11) is 1.98. The minimum absolute atomic E-state index is 0.194. The highest BCUT2D eigenvalue weighted by molar-refractivity contribution is 5.88. The van der Waals surface area contributed by atoms with Crippen molar-refractivity contribution in [2.45, 2.75) is 51.7 Å². The topological polar surface area (TPSA) is 81.6 Å². The molecule has 0 bridgehead atoms. The number of ether oxygens (including phenoxy) is 2.